The van der Waals surface area contributed by atoms with Gasteiger partial charge in [-0.3, -0.25) is 4.98 Å². The first-order valence-electron chi connectivity index (χ1n) is 12.9. The molecule has 1 aromatic carbocycles. The average Bonchev–Trinajstić information content (AvgIpc) is 2.90. The van der Waals surface area contributed by atoms with Crippen molar-refractivity contribution in [2.45, 2.75) is 33.3 Å². The van der Waals surface area contributed by atoms with Crippen LogP contribution in [0.15, 0.2) is 47.5 Å². The van der Waals surface area contributed by atoms with Crippen LogP contribution in [-0.2, 0) is 4.74 Å². The second-order valence-electron chi connectivity index (χ2n) is 10.5. The Kier molecular flexibility index (Phi) is 7.89. The number of aryl methyl sites for hydroxylation is 1. The molecule has 1 amide bonds. The second kappa shape index (κ2) is 11.4. The molecule has 4 heterocycles. The number of nitrogens with one attached hydrogen (secondary N) is 1. The molecule has 3 aromatic heterocycles. The van der Waals surface area contributed by atoms with Crippen molar-refractivity contribution < 1.29 is 23.0 Å². The summed E-state index contributed by atoms with van der Waals surface area (Å²) in [6, 6.07) is 5.78. The van der Waals surface area contributed by atoms with Gasteiger partial charge in [0.05, 0.1) is 28.1 Å². The standard InChI is InChI=1S/C28H28BrF2N7O3/c1-16-9-21(20(31)12-23(16)40-18-10-17(30)13-32-14-18)35-25-24-22(33-15-34-25)11-19(29)26(36-24)37-5-7-38(8-6-37)27(39)41-28(2,3)4/h9-15H,5-8H2,1-4H3,(H,33,34,35). The lowest BCUT2D eigenvalue weighted by Crippen LogP contribution is -2.50. The van der Waals surface area contributed by atoms with E-state index in [2.05, 4.69) is 41.1 Å². The Bertz CT molecular complexity index is 1610. The van der Waals surface area contributed by atoms with Gasteiger partial charge in [-0.25, -0.2) is 28.5 Å². The van der Waals surface area contributed by atoms with Crippen LogP contribution in [0.3, 0.4) is 0 Å². The number of fused-ring (bicyclic) bond motifs is 1. The highest BCUT2D eigenvalue weighted by Gasteiger charge is 2.27. The molecule has 5 rings (SSSR count). The molecule has 0 unspecified atom stereocenters. The van der Waals surface area contributed by atoms with Crippen LogP contribution in [0.5, 0.6) is 11.5 Å². The second-order valence-corrected chi connectivity index (χ2v) is 11.4. The molecule has 1 fully saturated rings. The Balaban J connectivity index is 1.37. The van der Waals surface area contributed by atoms with Gasteiger partial charge in [-0.05, 0) is 61.3 Å². The zero-order valence-electron chi connectivity index (χ0n) is 22.9. The fraction of sp³-hybridized carbons (Fsp3) is 0.321. The fourth-order valence-corrected chi connectivity index (χ4v) is 4.82. The fourth-order valence-electron chi connectivity index (χ4n) is 4.26. The van der Waals surface area contributed by atoms with Crippen molar-refractivity contribution in [2.24, 2.45) is 0 Å². The molecule has 1 N–H and O–H groups in total. The third kappa shape index (κ3) is 6.62. The number of ether oxygens (including phenoxy) is 2. The molecular weight excluding hydrogens is 600 g/mol. The van der Waals surface area contributed by atoms with Crippen molar-refractivity contribution in [2.75, 3.05) is 36.4 Å². The molecule has 0 atom stereocenters. The minimum Gasteiger partial charge on any atom is -0.455 e. The van der Waals surface area contributed by atoms with E-state index in [1.165, 1.54) is 24.7 Å². The van der Waals surface area contributed by atoms with E-state index in [0.29, 0.717) is 54.4 Å². The number of pyridine rings is 2. The van der Waals surface area contributed by atoms with E-state index in [-0.39, 0.29) is 23.3 Å². The van der Waals surface area contributed by atoms with Gasteiger partial charge in [0.25, 0.3) is 0 Å². The van der Waals surface area contributed by atoms with E-state index in [9.17, 15) is 9.18 Å². The summed E-state index contributed by atoms with van der Waals surface area (Å²) in [5, 5.41) is 3.03. The van der Waals surface area contributed by atoms with Crippen LogP contribution in [0.25, 0.3) is 11.0 Å². The molecule has 0 bridgehead atoms. The number of hydrogen-bond acceptors (Lipinski definition) is 9. The van der Waals surface area contributed by atoms with Crippen LogP contribution >= 0.6 is 15.9 Å². The van der Waals surface area contributed by atoms with E-state index < -0.39 is 17.2 Å². The van der Waals surface area contributed by atoms with Gasteiger partial charge in [-0.15, -0.1) is 0 Å². The summed E-state index contributed by atoms with van der Waals surface area (Å²) < 4.78 is 40.5. The van der Waals surface area contributed by atoms with Gasteiger partial charge in [0, 0.05) is 38.3 Å². The van der Waals surface area contributed by atoms with Crippen LogP contribution in [0.2, 0.25) is 0 Å². The van der Waals surface area contributed by atoms with Gasteiger partial charge in [0.15, 0.2) is 5.82 Å². The maximum Gasteiger partial charge on any atom is 0.410 e. The van der Waals surface area contributed by atoms with Crippen molar-refractivity contribution in [1.29, 1.82) is 0 Å². The van der Waals surface area contributed by atoms with Gasteiger partial charge < -0.3 is 24.6 Å². The van der Waals surface area contributed by atoms with Crippen molar-refractivity contribution in [3.8, 4) is 11.5 Å². The minimum absolute atomic E-state index is 0.157. The Morgan fingerprint density at radius 2 is 1.80 bits per heavy atom. The first kappa shape index (κ1) is 28.4. The highest BCUT2D eigenvalue weighted by Crippen LogP contribution is 2.34. The summed E-state index contributed by atoms with van der Waals surface area (Å²) in [5.74, 6) is 0.197. The van der Waals surface area contributed by atoms with Crippen molar-refractivity contribution >= 4 is 50.4 Å². The molecule has 10 nitrogen and oxygen atoms in total. The Hall–Kier alpha value is -4.13. The minimum atomic E-state index is -0.600. The molecule has 0 radical (unpaired) electrons. The molecule has 1 saturated heterocycles. The number of nitrogens with zero attached hydrogens (tertiary/aromatic N) is 6. The summed E-state index contributed by atoms with van der Waals surface area (Å²) in [5.41, 5.74) is 1.20. The molecule has 4 aromatic rings. The van der Waals surface area contributed by atoms with Crippen LogP contribution in [-0.4, -0.2) is 62.7 Å². The molecule has 13 heteroatoms. The van der Waals surface area contributed by atoms with Crippen molar-refractivity contribution in [3.63, 3.8) is 0 Å². The number of piperazine rings is 1. The lowest BCUT2D eigenvalue weighted by atomic mass is 10.2. The number of benzene rings is 1. The van der Waals surface area contributed by atoms with E-state index in [4.69, 9.17) is 14.5 Å². The predicted octanol–water partition coefficient (Wildman–Crippen LogP) is 6.36. The molecular formula is C28H28BrF2N7O3. The van der Waals surface area contributed by atoms with Crippen LogP contribution < -0.4 is 15.0 Å². The third-order valence-electron chi connectivity index (χ3n) is 6.20. The van der Waals surface area contributed by atoms with Crippen molar-refractivity contribution in [1.82, 2.24) is 24.8 Å². The maximum atomic E-state index is 15.2. The Morgan fingerprint density at radius 3 is 2.51 bits per heavy atom. The normalized spacial score (nSPS) is 13.8. The first-order valence-corrected chi connectivity index (χ1v) is 13.7. The molecule has 1 aliphatic heterocycles. The Labute approximate surface area is 243 Å². The zero-order valence-corrected chi connectivity index (χ0v) is 24.5. The number of carbonyl (C=O) groups is 1. The first-order chi connectivity index (χ1) is 19.5. The van der Waals surface area contributed by atoms with Gasteiger partial charge >= 0.3 is 6.09 Å². The van der Waals surface area contributed by atoms with Crippen LogP contribution in [0, 0.1) is 18.6 Å². The van der Waals surface area contributed by atoms with Gasteiger partial charge in [-0.2, -0.15) is 0 Å². The predicted molar refractivity (Wildman–Crippen MR) is 154 cm³/mol. The largest absolute Gasteiger partial charge is 0.455 e. The molecule has 214 valence electrons. The van der Waals surface area contributed by atoms with E-state index in [1.54, 1.807) is 17.9 Å². The lowest BCUT2D eigenvalue weighted by Gasteiger charge is -2.36. The van der Waals surface area contributed by atoms with E-state index >= 15 is 4.39 Å². The number of halogens is 3. The van der Waals surface area contributed by atoms with Gasteiger partial charge in [-0.1, -0.05) is 0 Å². The Morgan fingerprint density at radius 1 is 1.05 bits per heavy atom. The average molecular weight is 628 g/mol. The lowest BCUT2D eigenvalue weighted by molar-refractivity contribution is 0.0240. The molecule has 0 saturated carbocycles. The molecule has 0 spiro atoms. The molecule has 0 aliphatic carbocycles. The number of hydrogen-bond donors (Lipinski definition) is 1. The monoisotopic (exact) mass is 627 g/mol. The third-order valence-corrected chi connectivity index (χ3v) is 6.79. The zero-order chi connectivity index (χ0) is 29.3. The van der Waals surface area contributed by atoms with E-state index in [0.717, 1.165) is 10.7 Å². The summed E-state index contributed by atoms with van der Waals surface area (Å²) in [4.78, 5) is 33.4. The summed E-state index contributed by atoms with van der Waals surface area (Å²) in [6.07, 6.45) is 3.43. The number of aromatic nitrogens is 4. The topological polar surface area (TPSA) is 106 Å². The van der Waals surface area contributed by atoms with Crippen LogP contribution in [0.4, 0.5) is 30.9 Å². The number of amides is 1. The highest BCUT2D eigenvalue weighted by molar-refractivity contribution is 9.10. The number of rotatable bonds is 5. The SMILES string of the molecule is Cc1cc(Nc2ncnc3cc(Br)c(N4CCN(C(=O)OC(C)(C)C)CC4)nc23)c(F)cc1Oc1cncc(F)c1. The quantitative estimate of drug-likeness (QED) is 0.270. The van der Waals surface area contributed by atoms with Gasteiger partial charge in [0.2, 0.25) is 0 Å². The number of anilines is 3. The molecule has 1 aliphatic rings. The van der Waals surface area contributed by atoms with Gasteiger partial charge in [0.1, 0.15) is 46.4 Å². The smallest absolute Gasteiger partial charge is 0.410 e. The maximum absolute atomic E-state index is 15.2. The van der Waals surface area contributed by atoms with Crippen LogP contribution in [0.1, 0.15) is 26.3 Å². The van der Waals surface area contributed by atoms with Crippen molar-refractivity contribution in [3.05, 3.63) is 64.7 Å². The highest BCUT2D eigenvalue weighted by atomic mass is 79.9. The molecule has 41 heavy (non-hydrogen) atoms. The van der Waals surface area contributed by atoms with E-state index in [1.807, 2.05) is 26.8 Å². The summed E-state index contributed by atoms with van der Waals surface area (Å²) >= 11 is 3.60. The number of carbonyl (C=O) groups excluding carboxylic acids is 1. The summed E-state index contributed by atoms with van der Waals surface area (Å²) in [7, 11) is 0. The summed E-state index contributed by atoms with van der Waals surface area (Å²) in [6.45, 7) is 9.30.